The summed E-state index contributed by atoms with van der Waals surface area (Å²) < 4.78 is 15.4. The van der Waals surface area contributed by atoms with Crippen molar-refractivity contribution in [3.8, 4) is 0 Å². The molecule has 26 heavy (non-hydrogen) atoms. The fourth-order valence-electron chi connectivity index (χ4n) is 3.52. The van der Waals surface area contributed by atoms with Crippen molar-refractivity contribution in [3.63, 3.8) is 0 Å². The van der Waals surface area contributed by atoms with Crippen LogP contribution in [0.3, 0.4) is 0 Å². The van der Waals surface area contributed by atoms with Gasteiger partial charge in [-0.1, -0.05) is 6.07 Å². The number of benzene rings is 1. The lowest BCUT2D eigenvalue weighted by atomic mass is 9.85. The van der Waals surface area contributed by atoms with Crippen molar-refractivity contribution >= 4 is 11.6 Å². The van der Waals surface area contributed by atoms with Crippen LogP contribution in [0.15, 0.2) is 30.5 Å². The SMILES string of the molecule is CNC(=O)C1(Nc2cccc(F)c2)CCN(Cc2cnn(C)c2C)CC1. The van der Waals surface area contributed by atoms with Gasteiger partial charge in [-0.15, -0.1) is 0 Å². The average Bonchev–Trinajstić information content (AvgIpc) is 2.95. The molecule has 1 fully saturated rings. The zero-order chi connectivity index (χ0) is 18.7. The van der Waals surface area contributed by atoms with E-state index in [-0.39, 0.29) is 11.7 Å². The van der Waals surface area contributed by atoms with Crippen LogP contribution >= 0.6 is 0 Å². The monoisotopic (exact) mass is 359 g/mol. The normalized spacial score (nSPS) is 17.1. The first kappa shape index (κ1) is 18.4. The maximum Gasteiger partial charge on any atom is 0.245 e. The molecule has 1 aliphatic heterocycles. The van der Waals surface area contributed by atoms with Crippen LogP contribution in [0.4, 0.5) is 10.1 Å². The molecule has 2 N–H and O–H groups in total. The molecule has 6 nitrogen and oxygen atoms in total. The standard InChI is InChI=1S/C19H26FN5O/c1-14-15(12-22-24(14)3)13-25-9-7-19(8-10-25,18(26)21-2)23-17-6-4-5-16(20)11-17/h4-6,11-12,23H,7-10,13H2,1-3H3,(H,21,26). The Hall–Kier alpha value is -2.41. The van der Waals surface area contributed by atoms with E-state index < -0.39 is 5.54 Å². The number of anilines is 1. The van der Waals surface area contributed by atoms with Crippen molar-refractivity contribution in [2.45, 2.75) is 31.8 Å². The molecule has 7 heteroatoms. The van der Waals surface area contributed by atoms with Gasteiger partial charge in [0.1, 0.15) is 11.4 Å². The van der Waals surface area contributed by atoms with E-state index in [2.05, 4.69) is 27.6 Å². The molecule has 0 saturated carbocycles. The Morgan fingerprint density at radius 3 is 2.65 bits per heavy atom. The van der Waals surface area contributed by atoms with Gasteiger partial charge in [-0.05, 0) is 38.0 Å². The van der Waals surface area contributed by atoms with Gasteiger partial charge in [0.05, 0.1) is 6.20 Å². The highest BCUT2D eigenvalue weighted by Gasteiger charge is 2.41. The first-order valence-corrected chi connectivity index (χ1v) is 8.89. The summed E-state index contributed by atoms with van der Waals surface area (Å²) in [5.74, 6) is -0.370. The number of hydrogen-bond acceptors (Lipinski definition) is 4. The van der Waals surface area contributed by atoms with Crippen LogP contribution in [0, 0.1) is 12.7 Å². The highest BCUT2D eigenvalue weighted by atomic mass is 19.1. The fraction of sp³-hybridized carbons (Fsp3) is 0.474. The van der Waals surface area contributed by atoms with Crippen LogP contribution in [0.1, 0.15) is 24.1 Å². The largest absolute Gasteiger partial charge is 0.371 e. The molecule has 1 aromatic carbocycles. The van der Waals surface area contributed by atoms with Gasteiger partial charge in [-0.25, -0.2) is 4.39 Å². The van der Waals surface area contributed by atoms with Gasteiger partial charge in [-0.2, -0.15) is 5.10 Å². The summed E-state index contributed by atoms with van der Waals surface area (Å²) in [5.41, 5.74) is 2.28. The molecule has 0 radical (unpaired) electrons. The van der Waals surface area contributed by atoms with Crippen LogP contribution in [-0.4, -0.2) is 46.3 Å². The Bertz CT molecular complexity index is 780. The number of aromatic nitrogens is 2. The van der Waals surface area contributed by atoms with Crippen molar-refractivity contribution in [2.24, 2.45) is 7.05 Å². The third-order valence-corrected chi connectivity index (χ3v) is 5.31. The van der Waals surface area contributed by atoms with Gasteiger partial charge < -0.3 is 10.6 Å². The smallest absolute Gasteiger partial charge is 0.245 e. The maximum absolute atomic E-state index is 13.5. The Kier molecular flexibility index (Phi) is 5.27. The van der Waals surface area contributed by atoms with E-state index in [0.29, 0.717) is 18.5 Å². The van der Waals surface area contributed by atoms with Gasteiger partial charge in [0.15, 0.2) is 0 Å². The molecule has 2 aromatic rings. The van der Waals surface area contributed by atoms with Crippen LogP contribution in [0.2, 0.25) is 0 Å². The van der Waals surface area contributed by atoms with Crippen molar-refractivity contribution in [3.05, 3.63) is 47.5 Å². The van der Waals surface area contributed by atoms with E-state index in [1.165, 1.54) is 17.7 Å². The van der Waals surface area contributed by atoms with Gasteiger partial charge in [0.25, 0.3) is 0 Å². The predicted molar refractivity (Wildman–Crippen MR) is 99.3 cm³/mol. The lowest BCUT2D eigenvalue weighted by Gasteiger charge is -2.41. The molecule has 1 saturated heterocycles. The van der Waals surface area contributed by atoms with E-state index in [1.807, 2.05) is 17.9 Å². The fourth-order valence-corrected chi connectivity index (χ4v) is 3.52. The Labute approximate surface area is 153 Å². The van der Waals surface area contributed by atoms with Gasteiger partial charge >= 0.3 is 0 Å². The van der Waals surface area contributed by atoms with E-state index in [4.69, 9.17) is 0 Å². The van der Waals surface area contributed by atoms with Crippen LogP contribution in [-0.2, 0) is 18.4 Å². The number of likely N-dealkylation sites (tertiary alicyclic amines) is 1. The number of likely N-dealkylation sites (N-methyl/N-ethyl adjacent to an activating group) is 1. The van der Waals surface area contributed by atoms with Crippen LogP contribution in [0.25, 0.3) is 0 Å². The maximum atomic E-state index is 13.5. The first-order valence-electron chi connectivity index (χ1n) is 8.89. The van der Waals surface area contributed by atoms with E-state index in [9.17, 15) is 9.18 Å². The second kappa shape index (κ2) is 7.45. The van der Waals surface area contributed by atoms with E-state index >= 15 is 0 Å². The van der Waals surface area contributed by atoms with Crippen molar-refractivity contribution in [2.75, 3.05) is 25.5 Å². The molecule has 2 heterocycles. The molecule has 140 valence electrons. The molecule has 0 unspecified atom stereocenters. The summed E-state index contributed by atoms with van der Waals surface area (Å²) in [6.45, 7) is 4.45. The number of halogens is 1. The second-order valence-electron chi connectivity index (χ2n) is 6.95. The third kappa shape index (κ3) is 3.72. The Morgan fingerprint density at radius 1 is 1.35 bits per heavy atom. The Balaban J connectivity index is 1.71. The lowest BCUT2D eigenvalue weighted by molar-refractivity contribution is -0.126. The lowest BCUT2D eigenvalue weighted by Crippen LogP contribution is -2.57. The summed E-state index contributed by atoms with van der Waals surface area (Å²) >= 11 is 0. The molecule has 3 rings (SSSR count). The highest BCUT2D eigenvalue weighted by molar-refractivity contribution is 5.89. The number of carbonyl (C=O) groups excluding carboxylic acids is 1. The van der Waals surface area contributed by atoms with Crippen LogP contribution in [0.5, 0.6) is 0 Å². The molecule has 0 bridgehead atoms. The number of aryl methyl sites for hydroxylation is 1. The molecule has 1 amide bonds. The average molecular weight is 359 g/mol. The molecule has 0 atom stereocenters. The molecular weight excluding hydrogens is 333 g/mol. The van der Waals surface area contributed by atoms with Gasteiger partial charge in [-0.3, -0.25) is 14.4 Å². The zero-order valence-electron chi connectivity index (χ0n) is 15.6. The highest BCUT2D eigenvalue weighted by Crippen LogP contribution is 2.29. The summed E-state index contributed by atoms with van der Waals surface area (Å²) in [6, 6.07) is 6.27. The van der Waals surface area contributed by atoms with Crippen LogP contribution < -0.4 is 10.6 Å². The number of piperidine rings is 1. The number of nitrogens with zero attached hydrogens (tertiary/aromatic N) is 3. The van der Waals surface area contributed by atoms with Crippen molar-refractivity contribution in [1.29, 1.82) is 0 Å². The van der Waals surface area contributed by atoms with Crippen molar-refractivity contribution < 1.29 is 9.18 Å². The number of nitrogens with one attached hydrogen (secondary N) is 2. The summed E-state index contributed by atoms with van der Waals surface area (Å²) in [7, 11) is 3.58. The third-order valence-electron chi connectivity index (χ3n) is 5.31. The zero-order valence-corrected chi connectivity index (χ0v) is 15.6. The van der Waals surface area contributed by atoms with Gasteiger partial charge in [0, 0.05) is 50.7 Å². The van der Waals surface area contributed by atoms with E-state index in [0.717, 1.165) is 25.3 Å². The number of amides is 1. The molecule has 0 aliphatic carbocycles. The number of rotatable bonds is 5. The minimum Gasteiger partial charge on any atom is -0.371 e. The molecule has 1 aromatic heterocycles. The number of hydrogen-bond donors (Lipinski definition) is 2. The molecule has 1 aliphatic rings. The predicted octanol–water partition coefficient (Wildman–Crippen LogP) is 2.06. The summed E-state index contributed by atoms with van der Waals surface area (Å²) in [6.07, 6.45) is 3.21. The summed E-state index contributed by atoms with van der Waals surface area (Å²) in [5, 5.41) is 10.3. The minimum atomic E-state index is -0.719. The topological polar surface area (TPSA) is 62.2 Å². The second-order valence-corrected chi connectivity index (χ2v) is 6.95. The number of carbonyl (C=O) groups is 1. The van der Waals surface area contributed by atoms with Gasteiger partial charge in [0.2, 0.25) is 5.91 Å². The Morgan fingerprint density at radius 2 is 2.08 bits per heavy atom. The molecular formula is C19H26FN5O. The van der Waals surface area contributed by atoms with E-state index in [1.54, 1.807) is 19.2 Å². The minimum absolute atomic E-state index is 0.0565. The quantitative estimate of drug-likeness (QED) is 0.858. The first-order chi connectivity index (χ1) is 12.4. The summed E-state index contributed by atoms with van der Waals surface area (Å²) in [4.78, 5) is 14.9. The molecule has 0 spiro atoms. The van der Waals surface area contributed by atoms with Crippen molar-refractivity contribution in [1.82, 2.24) is 20.0 Å².